The second-order valence-electron chi connectivity index (χ2n) is 7.73. The predicted molar refractivity (Wildman–Crippen MR) is 117 cm³/mol. The van der Waals surface area contributed by atoms with Gasteiger partial charge >= 0.3 is 0 Å². The fourth-order valence-electron chi connectivity index (χ4n) is 4.21. The summed E-state index contributed by atoms with van der Waals surface area (Å²) in [5, 5.41) is 3.48. The van der Waals surface area contributed by atoms with Crippen molar-refractivity contribution in [1.82, 2.24) is 10.2 Å². The molecule has 2 aromatic carbocycles. The summed E-state index contributed by atoms with van der Waals surface area (Å²) in [4.78, 5) is 7.32. The standard InChI is InChI=1S/C24H31N3O2/c1-3-25-24(26-13-10-18-4-9-23-20(16-18)12-15-29-23)27-14-11-21(17-27)19-5-7-22(28-2)8-6-19/h4-9,16,21H,3,10-15,17H2,1-2H3,(H,25,26). The van der Waals surface area contributed by atoms with E-state index in [1.165, 1.54) is 16.7 Å². The highest BCUT2D eigenvalue weighted by Crippen LogP contribution is 2.29. The first kappa shape index (κ1) is 19.6. The molecule has 2 aliphatic rings. The Balaban J connectivity index is 1.36. The minimum absolute atomic E-state index is 0.543. The van der Waals surface area contributed by atoms with Crippen LogP contribution in [-0.4, -0.2) is 50.8 Å². The number of rotatable bonds is 6. The van der Waals surface area contributed by atoms with Gasteiger partial charge in [-0.1, -0.05) is 24.3 Å². The molecule has 0 radical (unpaired) electrons. The molecule has 5 nitrogen and oxygen atoms in total. The number of hydrogen-bond donors (Lipinski definition) is 1. The van der Waals surface area contributed by atoms with Gasteiger partial charge in [-0.3, -0.25) is 4.99 Å². The highest BCUT2D eigenvalue weighted by molar-refractivity contribution is 5.80. The van der Waals surface area contributed by atoms with Crippen molar-refractivity contribution in [3.05, 3.63) is 59.2 Å². The maximum atomic E-state index is 5.60. The zero-order valence-corrected chi connectivity index (χ0v) is 17.5. The minimum atomic E-state index is 0.543. The number of hydrogen-bond acceptors (Lipinski definition) is 3. The van der Waals surface area contributed by atoms with Crippen LogP contribution in [0, 0.1) is 0 Å². The molecule has 0 aliphatic carbocycles. The zero-order chi connectivity index (χ0) is 20.1. The molecule has 0 bridgehead atoms. The number of nitrogens with one attached hydrogen (secondary N) is 1. The summed E-state index contributed by atoms with van der Waals surface area (Å²) in [6.07, 6.45) is 3.13. The smallest absolute Gasteiger partial charge is 0.193 e. The quantitative estimate of drug-likeness (QED) is 0.601. The molecule has 2 heterocycles. The normalized spacial score (nSPS) is 18.5. The Hall–Kier alpha value is -2.69. The molecule has 0 saturated carbocycles. The van der Waals surface area contributed by atoms with Gasteiger partial charge in [-0.2, -0.15) is 0 Å². The Labute approximate surface area is 173 Å². The molecule has 5 heteroatoms. The first-order valence-corrected chi connectivity index (χ1v) is 10.7. The van der Waals surface area contributed by atoms with Crippen LogP contribution in [0.3, 0.4) is 0 Å². The Morgan fingerprint density at radius 2 is 2.10 bits per heavy atom. The third-order valence-electron chi connectivity index (χ3n) is 5.83. The summed E-state index contributed by atoms with van der Waals surface area (Å²) >= 11 is 0. The first-order chi connectivity index (χ1) is 14.3. The van der Waals surface area contributed by atoms with E-state index in [1.807, 2.05) is 0 Å². The number of likely N-dealkylation sites (tertiary alicyclic amines) is 1. The largest absolute Gasteiger partial charge is 0.497 e. The summed E-state index contributed by atoms with van der Waals surface area (Å²) in [7, 11) is 1.71. The maximum Gasteiger partial charge on any atom is 0.193 e. The van der Waals surface area contributed by atoms with E-state index in [9.17, 15) is 0 Å². The van der Waals surface area contributed by atoms with Gasteiger partial charge in [0.15, 0.2) is 5.96 Å². The number of aliphatic imine (C=N–C) groups is 1. The number of benzene rings is 2. The number of methoxy groups -OCH3 is 1. The van der Waals surface area contributed by atoms with Crippen molar-refractivity contribution in [3.8, 4) is 11.5 Å². The summed E-state index contributed by atoms with van der Waals surface area (Å²) in [6, 6.07) is 15.0. The fourth-order valence-corrected chi connectivity index (χ4v) is 4.21. The molecule has 1 saturated heterocycles. The highest BCUT2D eigenvalue weighted by Gasteiger charge is 2.26. The van der Waals surface area contributed by atoms with Gasteiger partial charge in [-0.25, -0.2) is 0 Å². The lowest BCUT2D eigenvalue weighted by molar-refractivity contribution is 0.357. The van der Waals surface area contributed by atoms with Gasteiger partial charge < -0.3 is 19.7 Å². The van der Waals surface area contributed by atoms with Crippen LogP contribution >= 0.6 is 0 Å². The highest BCUT2D eigenvalue weighted by atomic mass is 16.5. The molecule has 2 aromatic rings. The molecule has 0 amide bonds. The van der Waals surface area contributed by atoms with Crippen molar-refractivity contribution < 1.29 is 9.47 Å². The third kappa shape index (κ3) is 4.66. The Bertz CT molecular complexity index is 848. The average Bonchev–Trinajstić information content (AvgIpc) is 3.42. The SMILES string of the molecule is CCNC(=NCCc1ccc2c(c1)CCO2)N1CCC(c2ccc(OC)cc2)C1. The van der Waals surface area contributed by atoms with Crippen molar-refractivity contribution in [3.63, 3.8) is 0 Å². The summed E-state index contributed by atoms with van der Waals surface area (Å²) in [5.74, 6) is 3.54. The van der Waals surface area contributed by atoms with Gasteiger partial charge in [-0.15, -0.1) is 0 Å². The van der Waals surface area contributed by atoms with Gasteiger partial charge in [0.2, 0.25) is 0 Å². The molecule has 1 N–H and O–H groups in total. The van der Waals surface area contributed by atoms with E-state index in [2.05, 4.69) is 59.6 Å². The summed E-state index contributed by atoms with van der Waals surface area (Å²) in [5.41, 5.74) is 4.05. The fraction of sp³-hybridized carbons (Fsp3) is 0.458. The number of guanidine groups is 1. The Morgan fingerprint density at radius 1 is 1.24 bits per heavy atom. The first-order valence-electron chi connectivity index (χ1n) is 10.7. The van der Waals surface area contributed by atoms with Crippen molar-refractivity contribution >= 4 is 5.96 Å². The lowest BCUT2D eigenvalue weighted by Crippen LogP contribution is -2.40. The molecule has 2 aliphatic heterocycles. The summed E-state index contributed by atoms with van der Waals surface area (Å²) in [6.45, 7) is 6.68. The van der Waals surface area contributed by atoms with E-state index >= 15 is 0 Å². The van der Waals surface area contributed by atoms with Crippen LogP contribution in [0.4, 0.5) is 0 Å². The molecule has 154 valence electrons. The minimum Gasteiger partial charge on any atom is -0.497 e. The maximum absolute atomic E-state index is 5.60. The summed E-state index contributed by atoms with van der Waals surface area (Å²) < 4.78 is 10.9. The zero-order valence-electron chi connectivity index (χ0n) is 17.5. The van der Waals surface area contributed by atoms with Crippen molar-refractivity contribution in [1.29, 1.82) is 0 Å². The Morgan fingerprint density at radius 3 is 2.90 bits per heavy atom. The molecule has 1 unspecified atom stereocenters. The lowest BCUT2D eigenvalue weighted by Gasteiger charge is -2.22. The van der Waals surface area contributed by atoms with Crippen molar-refractivity contribution in [2.75, 3.05) is 39.9 Å². The van der Waals surface area contributed by atoms with E-state index in [0.29, 0.717) is 5.92 Å². The second kappa shape index (κ2) is 9.21. The molecule has 1 atom stereocenters. The lowest BCUT2D eigenvalue weighted by atomic mass is 9.98. The van der Waals surface area contributed by atoms with E-state index in [0.717, 1.165) is 69.5 Å². The van der Waals surface area contributed by atoms with E-state index in [-0.39, 0.29) is 0 Å². The molecule has 29 heavy (non-hydrogen) atoms. The van der Waals surface area contributed by atoms with Crippen LogP contribution in [0.5, 0.6) is 11.5 Å². The van der Waals surface area contributed by atoms with Gasteiger partial charge in [0.1, 0.15) is 11.5 Å². The molecule has 0 spiro atoms. The average molecular weight is 394 g/mol. The molecular formula is C24H31N3O2. The van der Waals surface area contributed by atoms with E-state index < -0.39 is 0 Å². The Kier molecular flexibility index (Phi) is 6.23. The molecular weight excluding hydrogens is 362 g/mol. The number of fused-ring (bicyclic) bond motifs is 1. The van der Waals surface area contributed by atoms with Gasteiger partial charge in [0, 0.05) is 38.5 Å². The van der Waals surface area contributed by atoms with Gasteiger partial charge in [0.25, 0.3) is 0 Å². The monoisotopic (exact) mass is 393 g/mol. The van der Waals surface area contributed by atoms with Crippen molar-refractivity contribution in [2.24, 2.45) is 4.99 Å². The van der Waals surface area contributed by atoms with Gasteiger partial charge in [0.05, 0.1) is 13.7 Å². The van der Waals surface area contributed by atoms with Crippen LogP contribution in [-0.2, 0) is 12.8 Å². The van der Waals surface area contributed by atoms with Crippen LogP contribution in [0.15, 0.2) is 47.5 Å². The predicted octanol–water partition coefficient (Wildman–Crippen LogP) is 3.63. The van der Waals surface area contributed by atoms with Crippen LogP contribution in [0.2, 0.25) is 0 Å². The second-order valence-corrected chi connectivity index (χ2v) is 7.73. The molecule has 4 rings (SSSR count). The van der Waals surface area contributed by atoms with Gasteiger partial charge in [-0.05, 0) is 54.7 Å². The molecule has 0 aromatic heterocycles. The molecule has 1 fully saturated rings. The third-order valence-corrected chi connectivity index (χ3v) is 5.83. The van der Waals surface area contributed by atoms with E-state index in [4.69, 9.17) is 14.5 Å². The number of ether oxygens (including phenoxy) is 2. The topological polar surface area (TPSA) is 46.1 Å². The van der Waals surface area contributed by atoms with Crippen LogP contribution in [0.1, 0.15) is 36.0 Å². The van der Waals surface area contributed by atoms with E-state index in [1.54, 1.807) is 7.11 Å². The van der Waals surface area contributed by atoms with Crippen LogP contribution in [0.25, 0.3) is 0 Å². The van der Waals surface area contributed by atoms with Crippen LogP contribution < -0.4 is 14.8 Å². The number of nitrogens with zero attached hydrogens (tertiary/aromatic N) is 2. The van der Waals surface area contributed by atoms with Crippen molar-refractivity contribution in [2.45, 2.75) is 32.1 Å².